The summed E-state index contributed by atoms with van der Waals surface area (Å²) in [7, 11) is 0. The molecule has 2 N–H and O–H groups in total. The first kappa shape index (κ1) is 19.7. The number of hydrogen-bond donors (Lipinski definition) is 2. The van der Waals surface area contributed by atoms with Gasteiger partial charge >= 0.3 is 0 Å². The molecule has 0 bridgehead atoms. The number of hydrogen-bond acceptors (Lipinski definition) is 4. The summed E-state index contributed by atoms with van der Waals surface area (Å²) in [6.07, 6.45) is 2.60. The summed E-state index contributed by atoms with van der Waals surface area (Å²) in [6.45, 7) is 1.56. The van der Waals surface area contributed by atoms with Crippen molar-refractivity contribution in [1.29, 1.82) is 0 Å². The van der Waals surface area contributed by atoms with Gasteiger partial charge in [-0.15, -0.1) is 0 Å². The highest BCUT2D eigenvalue weighted by Crippen LogP contribution is 2.33. The highest BCUT2D eigenvalue weighted by molar-refractivity contribution is 6.30. The molecule has 29 heavy (non-hydrogen) atoms. The van der Waals surface area contributed by atoms with Crippen molar-refractivity contribution < 1.29 is 14.0 Å². The molecule has 2 aromatic carbocycles. The van der Waals surface area contributed by atoms with Gasteiger partial charge in [-0.25, -0.2) is 4.39 Å². The molecule has 7 heteroatoms. The van der Waals surface area contributed by atoms with Crippen LogP contribution in [0.1, 0.15) is 37.2 Å². The van der Waals surface area contributed by atoms with Crippen molar-refractivity contribution in [2.45, 2.75) is 37.6 Å². The fourth-order valence-corrected chi connectivity index (χ4v) is 4.20. The van der Waals surface area contributed by atoms with E-state index in [1.54, 1.807) is 12.1 Å². The van der Waals surface area contributed by atoms with Crippen molar-refractivity contribution in [3.05, 3.63) is 58.9 Å². The lowest BCUT2D eigenvalue weighted by Crippen LogP contribution is -2.47. The van der Waals surface area contributed by atoms with Gasteiger partial charge in [-0.05, 0) is 61.1 Å². The summed E-state index contributed by atoms with van der Waals surface area (Å²) in [5.41, 5.74) is 2.39. The zero-order valence-electron chi connectivity index (χ0n) is 16.0. The Balaban J connectivity index is 1.38. The van der Waals surface area contributed by atoms with Gasteiger partial charge in [-0.2, -0.15) is 0 Å². The second-order valence-corrected chi connectivity index (χ2v) is 8.06. The van der Waals surface area contributed by atoms with E-state index in [1.807, 2.05) is 12.1 Å². The number of halogens is 2. The van der Waals surface area contributed by atoms with Gasteiger partial charge < -0.3 is 10.2 Å². The smallest absolute Gasteiger partial charge is 0.249 e. The number of benzene rings is 2. The Morgan fingerprint density at radius 2 is 1.76 bits per heavy atom. The molecule has 0 saturated carbocycles. The molecular formula is C22H23ClFN3O2. The number of nitrogens with zero attached hydrogens (tertiary/aromatic N) is 1. The largest absolute Gasteiger partial charge is 0.374 e. The third-order valence-electron chi connectivity index (χ3n) is 5.70. The first-order chi connectivity index (χ1) is 14.0. The maximum atomic E-state index is 14.8. The van der Waals surface area contributed by atoms with Crippen molar-refractivity contribution in [3.63, 3.8) is 0 Å². The molecule has 2 fully saturated rings. The number of imide groups is 1. The quantitative estimate of drug-likeness (QED) is 0.738. The van der Waals surface area contributed by atoms with E-state index in [9.17, 15) is 14.0 Å². The molecule has 1 atom stereocenters. The Morgan fingerprint density at radius 3 is 2.41 bits per heavy atom. The lowest BCUT2D eigenvalue weighted by atomic mass is 9.89. The fourth-order valence-electron chi connectivity index (χ4n) is 4.07. The summed E-state index contributed by atoms with van der Waals surface area (Å²) in [4.78, 5) is 25.2. The molecule has 0 spiro atoms. The average molecular weight is 416 g/mol. The third-order valence-corrected chi connectivity index (χ3v) is 5.96. The van der Waals surface area contributed by atoms with Crippen LogP contribution in [0.3, 0.4) is 0 Å². The molecule has 0 radical (unpaired) electrons. The predicted octanol–water partition coefficient (Wildman–Crippen LogP) is 4.08. The molecule has 152 valence electrons. The molecule has 0 aromatic heterocycles. The van der Waals surface area contributed by atoms with Crippen molar-refractivity contribution in [2.75, 3.05) is 23.3 Å². The second-order valence-electron chi connectivity index (χ2n) is 7.63. The van der Waals surface area contributed by atoms with Crippen LogP contribution in [-0.4, -0.2) is 30.9 Å². The lowest BCUT2D eigenvalue weighted by molar-refractivity contribution is -0.133. The number of carbonyl (C=O) groups is 2. The Morgan fingerprint density at radius 1 is 1.03 bits per heavy atom. The van der Waals surface area contributed by atoms with Crippen molar-refractivity contribution in [1.82, 2.24) is 5.32 Å². The van der Waals surface area contributed by atoms with E-state index in [-0.39, 0.29) is 24.1 Å². The minimum Gasteiger partial charge on any atom is -0.374 e. The van der Waals surface area contributed by atoms with E-state index < -0.39 is 6.04 Å². The van der Waals surface area contributed by atoms with Crippen LogP contribution >= 0.6 is 11.6 Å². The predicted molar refractivity (Wildman–Crippen MR) is 112 cm³/mol. The Labute approximate surface area is 174 Å². The van der Waals surface area contributed by atoms with Gasteiger partial charge in [0.05, 0.1) is 5.69 Å². The van der Waals surface area contributed by atoms with Gasteiger partial charge in [0.15, 0.2) is 0 Å². The summed E-state index contributed by atoms with van der Waals surface area (Å²) in [5, 5.41) is 6.06. The monoisotopic (exact) mass is 415 g/mol. The molecule has 1 unspecified atom stereocenters. The molecule has 2 heterocycles. The van der Waals surface area contributed by atoms with Gasteiger partial charge in [-0.3, -0.25) is 14.9 Å². The second kappa shape index (κ2) is 8.41. The zero-order chi connectivity index (χ0) is 20.4. The number of nitrogens with one attached hydrogen (secondary N) is 2. The maximum absolute atomic E-state index is 14.8. The molecule has 4 rings (SSSR count). The van der Waals surface area contributed by atoms with E-state index in [2.05, 4.69) is 27.7 Å². The normalized spacial score (nSPS) is 20.5. The standard InChI is InChI=1S/C22H23ClFN3O2/c23-16-3-1-14(2-4-16)15-9-11-27(12-10-15)20-7-5-17(13-18(20)24)25-19-6-8-21(28)26-22(19)29/h1-5,7,13,15,19,25H,6,8-12H2,(H,26,28,29). The van der Waals surface area contributed by atoms with Crippen molar-refractivity contribution in [3.8, 4) is 0 Å². The zero-order valence-corrected chi connectivity index (χ0v) is 16.7. The van der Waals surface area contributed by atoms with Crippen LogP contribution < -0.4 is 15.5 Å². The van der Waals surface area contributed by atoms with Crippen LogP contribution in [0.5, 0.6) is 0 Å². The first-order valence-corrected chi connectivity index (χ1v) is 10.3. The molecule has 2 aliphatic rings. The van der Waals surface area contributed by atoms with E-state index in [0.717, 1.165) is 31.0 Å². The van der Waals surface area contributed by atoms with Crippen LogP contribution in [0.4, 0.5) is 15.8 Å². The highest BCUT2D eigenvalue weighted by atomic mass is 35.5. The molecule has 2 aromatic rings. The minimum absolute atomic E-state index is 0.267. The van der Waals surface area contributed by atoms with Gasteiger partial charge in [0, 0.05) is 30.2 Å². The van der Waals surface area contributed by atoms with Gasteiger partial charge in [0.2, 0.25) is 11.8 Å². The number of rotatable bonds is 4. The first-order valence-electron chi connectivity index (χ1n) is 9.90. The number of amides is 2. The molecule has 2 aliphatic heterocycles. The maximum Gasteiger partial charge on any atom is 0.249 e. The third kappa shape index (κ3) is 4.53. The Hall–Kier alpha value is -2.60. The average Bonchev–Trinajstić information content (AvgIpc) is 2.71. The van der Waals surface area contributed by atoms with Crippen LogP contribution in [-0.2, 0) is 9.59 Å². The Bertz CT molecular complexity index is 911. The van der Waals surface area contributed by atoms with Crippen LogP contribution in [0.2, 0.25) is 5.02 Å². The van der Waals surface area contributed by atoms with Crippen LogP contribution in [0.15, 0.2) is 42.5 Å². The molecular weight excluding hydrogens is 393 g/mol. The SMILES string of the molecule is O=C1CCC(Nc2ccc(N3CCC(c4ccc(Cl)cc4)CC3)c(F)c2)C(=O)N1. The van der Waals surface area contributed by atoms with Crippen LogP contribution in [0.25, 0.3) is 0 Å². The molecule has 2 amide bonds. The van der Waals surface area contributed by atoms with Gasteiger partial charge in [-0.1, -0.05) is 23.7 Å². The summed E-state index contributed by atoms with van der Waals surface area (Å²) >= 11 is 5.97. The van der Waals surface area contributed by atoms with Gasteiger partial charge in [0.25, 0.3) is 0 Å². The number of piperidine rings is 2. The van der Waals surface area contributed by atoms with E-state index in [4.69, 9.17) is 11.6 Å². The Kier molecular flexibility index (Phi) is 5.72. The number of anilines is 2. The summed E-state index contributed by atoms with van der Waals surface area (Å²) in [5.74, 6) is -0.487. The van der Waals surface area contributed by atoms with E-state index in [0.29, 0.717) is 23.7 Å². The van der Waals surface area contributed by atoms with Crippen LogP contribution in [0, 0.1) is 5.82 Å². The highest BCUT2D eigenvalue weighted by Gasteiger charge is 2.27. The van der Waals surface area contributed by atoms with Crippen molar-refractivity contribution in [2.24, 2.45) is 0 Å². The molecule has 0 aliphatic carbocycles. The molecule has 2 saturated heterocycles. The summed E-state index contributed by atoms with van der Waals surface area (Å²) < 4.78 is 14.8. The minimum atomic E-state index is -0.520. The summed E-state index contributed by atoms with van der Waals surface area (Å²) in [6, 6.07) is 12.4. The topological polar surface area (TPSA) is 61.4 Å². The lowest BCUT2D eigenvalue weighted by Gasteiger charge is -2.34. The van der Waals surface area contributed by atoms with E-state index in [1.165, 1.54) is 11.6 Å². The van der Waals surface area contributed by atoms with Gasteiger partial charge in [0.1, 0.15) is 11.9 Å². The van der Waals surface area contributed by atoms with E-state index >= 15 is 0 Å². The number of carbonyl (C=O) groups excluding carboxylic acids is 2. The fraction of sp³-hybridized carbons (Fsp3) is 0.364. The molecule has 5 nitrogen and oxygen atoms in total. The van der Waals surface area contributed by atoms with Crippen molar-refractivity contribution >= 4 is 34.8 Å².